The van der Waals surface area contributed by atoms with Gasteiger partial charge in [-0.1, -0.05) is 248 Å². The Bertz CT molecular complexity index is 3400. The van der Waals surface area contributed by atoms with Crippen LogP contribution in [-0.2, 0) is 41.8 Å². The molecule has 0 saturated carbocycles. The third-order valence-corrected chi connectivity index (χ3v) is 17.4. The molecule has 1 radical (unpaired) electrons. The summed E-state index contributed by atoms with van der Waals surface area (Å²) < 4.78 is 0. The molecule has 0 saturated heterocycles. The van der Waals surface area contributed by atoms with E-state index >= 15 is 0 Å². The van der Waals surface area contributed by atoms with Crippen LogP contribution in [0.5, 0.6) is 0 Å². The van der Waals surface area contributed by atoms with Crippen molar-refractivity contribution in [3.05, 3.63) is 223 Å². The van der Waals surface area contributed by atoms with Gasteiger partial charge in [0, 0.05) is 26.3 Å². The zero-order valence-electron chi connectivity index (χ0n) is 56.6. The van der Waals surface area contributed by atoms with Crippen molar-refractivity contribution in [1.29, 1.82) is 0 Å². The van der Waals surface area contributed by atoms with Gasteiger partial charge in [-0.15, -0.1) is 35.4 Å². The van der Waals surface area contributed by atoms with E-state index in [0.717, 1.165) is 59.2 Å². The fourth-order valence-corrected chi connectivity index (χ4v) is 14.9. The zero-order valence-corrected chi connectivity index (χ0v) is 59.0. The summed E-state index contributed by atoms with van der Waals surface area (Å²) in [4.78, 5) is 4.77. The van der Waals surface area contributed by atoms with Gasteiger partial charge in [-0.3, -0.25) is 0 Å². The summed E-state index contributed by atoms with van der Waals surface area (Å²) in [5, 5.41) is 0. The Labute approximate surface area is 540 Å². The number of benzene rings is 8. The quantitative estimate of drug-likeness (QED) is 0.0879. The van der Waals surface area contributed by atoms with Crippen molar-refractivity contribution in [3.8, 4) is 89.1 Å². The minimum absolute atomic E-state index is 0. The zero-order chi connectivity index (χ0) is 62.4. The molecule has 0 aliphatic heterocycles. The van der Waals surface area contributed by atoms with E-state index in [-0.39, 0.29) is 63.4 Å². The third-order valence-electron chi connectivity index (χ3n) is 17.4. The molecule has 0 aliphatic carbocycles. The van der Waals surface area contributed by atoms with Crippen LogP contribution in [0, 0.1) is 27.7 Å². The average Bonchev–Trinajstić information content (AvgIpc) is 1.27. The molecule has 0 fully saturated rings. The molecule has 9 rings (SSSR count). The summed E-state index contributed by atoms with van der Waals surface area (Å²) in [6, 6.07) is 75.7. The van der Waals surface area contributed by atoms with Gasteiger partial charge in [-0.25, -0.2) is 0 Å². The Hall–Kier alpha value is -6.44. The van der Waals surface area contributed by atoms with Crippen LogP contribution in [-0.4, -0.2) is 4.98 Å². The van der Waals surface area contributed by atoms with Gasteiger partial charge in [-0.05, 0) is 230 Å². The van der Waals surface area contributed by atoms with Gasteiger partial charge in [0.25, 0.3) is 0 Å². The van der Waals surface area contributed by atoms with Crippen LogP contribution in [0.2, 0.25) is 0 Å². The molecule has 0 N–H and O–H groups in total. The smallest absolute Gasteiger partial charge is 0.0160 e. The van der Waals surface area contributed by atoms with Gasteiger partial charge in [0.1, 0.15) is 0 Å². The summed E-state index contributed by atoms with van der Waals surface area (Å²) in [7, 11) is 0. The summed E-state index contributed by atoms with van der Waals surface area (Å²) in [5.41, 5.74) is 24.8. The van der Waals surface area contributed by atoms with Gasteiger partial charge >= 0.3 is 0 Å². The van der Waals surface area contributed by atoms with Crippen molar-refractivity contribution in [3.63, 3.8) is 0 Å². The number of pyridine rings is 1. The summed E-state index contributed by atoms with van der Waals surface area (Å²) in [5.74, 6) is 0. The maximum atomic E-state index is 4.77. The monoisotopic (exact) mass is 1330 g/mol. The first-order chi connectivity index (χ1) is 40.0. The molecule has 1 aromatic heterocycles. The van der Waals surface area contributed by atoms with Gasteiger partial charge in [0.15, 0.2) is 0 Å². The molecule has 0 bridgehead atoms. The van der Waals surface area contributed by atoms with Crippen LogP contribution < -0.4 is 0 Å². The SMILES string of the molecule is CC(C)(C)CC(C)(C)c1ccc(-c2cc(-c3ccc(C(C)(C)CC(C)(C)C)cc3)cc(-c3cc(-c4cc[c-]c(-c5ccccn5)c4)cc(-c4cc(-c5ccc(C(C)(C)CC(C)(C)C)cc5)cc(-c5ccc(C(C)(C)CC(C)(C)C)cc5)c4)c3)c2)cc1.[Ir]. The Morgan fingerprint density at radius 1 is 0.264 bits per heavy atom. The fourth-order valence-electron chi connectivity index (χ4n) is 14.9. The van der Waals surface area contributed by atoms with E-state index in [1.54, 1.807) is 0 Å². The van der Waals surface area contributed by atoms with Gasteiger partial charge in [0.05, 0.1) is 0 Å². The molecule has 1 heterocycles. The van der Waals surface area contributed by atoms with Crippen molar-refractivity contribution < 1.29 is 20.1 Å². The normalized spacial score (nSPS) is 12.9. The van der Waals surface area contributed by atoms with E-state index in [4.69, 9.17) is 4.98 Å². The van der Waals surface area contributed by atoms with E-state index in [9.17, 15) is 0 Å². The molecule has 87 heavy (non-hydrogen) atoms. The van der Waals surface area contributed by atoms with Crippen molar-refractivity contribution in [1.82, 2.24) is 4.98 Å². The predicted octanol–water partition coefficient (Wildman–Crippen LogP) is 25.1. The molecule has 1 nitrogen and oxygen atoms in total. The minimum atomic E-state index is 0. The van der Waals surface area contributed by atoms with Crippen LogP contribution in [0.3, 0.4) is 0 Å². The minimum Gasteiger partial charge on any atom is -0.305 e. The molecule has 0 amide bonds. The maximum absolute atomic E-state index is 4.77. The van der Waals surface area contributed by atoms with Crippen LogP contribution in [0.4, 0.5) is 0 Å². The predicted molar refractivity (Wildman–Crippen MR) is 375 cm³/mol. The van der Waals surface area contributed by atoms with Crippen LogP contribution in [0.1, 0.15) is 186 Å². The first-order valence-corrected chi connectivity index (χ1v) is 31.8. The third kappa shape index (κ3) is 17.0. The summed E-state index contributed by atoms with van der Waals surface area (Å²) >= 11 is 0. The molecule has 455 valence electrons. The number of aromatic nitrogens is 1. The molecule has 2 heteroatoms. The molecule has 9 aromatic rings. The van der Waals surface area contributed by atoms with Crippen LogP contribution in [0.25, 0.3) is 89.1 Å². The van der Waals surface area contributed by atoms with Crippen molar-refractivity contribution in [2.75, 3.05) is 0 Å². The second-order valence-corrected chi connectivity index (χ2v) is 32.9. The van der Waals surface area contributed by atoms with Crippen LogP contribution in [0.15, 0.2) is 194 Å². The van der Waals surface area contributed by atoms with Crippen LogP contribution >= 0.6 is 0 Å². The Balaban J connectivity index is 0.00000982. The second kappa shape index (κ2) is 25.2. The second-order valence-electron chi connectivity index (χ2n) is 32.9. The molecule has 8 aromatic carbocycles. The number of nitrogens with zero attached hydrogens (tertiary/aromatic N) is 1. The molecular weight excluding hydrogens is 1230 g/mol. The standard InChI is InChI=1S/C85H100N.Ir/c1-78(2,3)54-82(13,14)73-35-27-58(28-36-73)64-45-65(59-29-37-74(38-30-59)83(15,16)55-79(4,5)6)48-69(47-64)71-51-68(62-24-23-25-63(44-62)77-26-21-22-43-86-77)52-72(53-71)70-49-66(60-31-39-75(40-32-60)84(17,18)56-80(7,8)9)46-67(50-70)61-33-41-76(42-34-61)85(19,20)57-81(10,11)12;/h21-24,26-53H,54-57H2,1-20H3;/q-1;. The molecule has 0 spiro atoms. The van der Waals surface area contributed by atoms with Crippen molar-refractivity contribution in [2.45, 2.75) is 186 Å². The van der Waals surface area contributed by atoms with Gasteiger partial charge < -0.3 is 4.98 Å². The molecule has 0 atom stereocenters. The Morgan fingerprint density at radius 2 is 0.506 bits per heavy atom. The van der Waals surface area contributed by atoms with Gasteiger partial charge in [-0.2, -0.15) is 0 Å². The van der Waals surface area contributed by atoms with E-state index in [1.165, 1.54) is 77.9 Å². The fraction of sp³-hybridized carbons (Fsp3) is 0.376. The number of hydrogen-bond donors (Lipinski definition) is 0. The first kappa shape index (κ1) is 66.5. The maximum Gasteiger partial charge on any atom is 0.0160 e. The largest absolute Gasteiger partial charge is 0.305 e. The molecule has 0 unspecified atom stereocenters. The summed E-state index contributed by atoms with van der Waals surface area (Å²) in [6.07, 6.45) is 6.25. The topological polar surface area (TPSA) is 12.9 Å². The molecule has 0 aliphatic rings. The van der Waals surface area contributed by atoms with Gasteiger partial charge in [0.2, 0.25) is 0 Å². The molecular formula is C85H100IrN-. The first-order valence-electron chi connectivity index (χ1n) is 31.8. The van der Waals surface area contributed by atoms with E-state index in [1.807, 2.05) is 12.3 Å². The van der Waals surface area contributed by atoms with Crippen molar-refractivity contribution >= 4 is 0 Å². The van der Waals surface area contributed by atoms with E-state index < -0.39 is 0 Å². The summed E-state index contributed by atoms with van der Waals surface area (Å²) in [6.45, 7) is 47.3. The number of rotatable bonds is 16. The number of hydrogen-bond acceptors (Lipinski definition) is 1. The van der Waals surface area contributed by atoms with E-state index in [2.05, 4.69) is 327 Å². The van der Waals surface area contributed by atoms with Crippen molar-refractivity contribution in [2.24, 2.45) is 21.7 Å². The Morgan fingerprint density at radius 3 is 0.736 bits per heavy atom. The average molecular weight is 1330 g/mol. The van der Waals surface area contributed by atoms with E-state index in [0.29, 0.717) is 0 Å². The Kier molecular flexibility index (Phi) is 19.3.